The van der Waals surface area contributed by atoms with Crippen molar-refractivity contribution in [3.8, 4) is 0 Å². The summed E-state index contributed by atoms with van der Waals surface area (Å²) >= 11 is 1.63. The zero-order valence-corrected chi connectivity index (χ0v) is 10.1. The molecule has 4 nitrogen and oxygen atoms in total. The molecule has 0 bridgehead atoms. The van der Waals surface area contributed by atoms with Crippen LogP contribution in [-0.4, -0.2) is 30.0 Å². The number of carbonyl (C=O) groups is 1. The van der Waals surface area contributed by atoms with Crippen LogP contribution in [0.25, 0.3) is 0 Å². The third kappa shape index (κ3) is 3.57. The van der Waals surface area contributed by atoms with Crippen molar-refractivity contribution in [1.82, 2.24) is 15.6 Å². The number of thiazole rings is 1. The normalized spacial score (nSPS) is 21.5. The second-order valence-electron chi connectivity index (χ2n) is 4.08. The predicted molar refractivity (Wildman–Crippen MR) is 64.5 cm³/mol. The number of rotatable bonds is 4. The van der Waals surface area contributed by atoms with E-state index in [1.807, 2.05) is 5.51 Å². The van der Waals surface area contributed by atoms with Gasteiger partial charge in [0, 0.05) is 37.4 Å². The first-order valence-electron chi connectivity index (χ1n) is 5.72. The number of carbonyl (C=O) groups excluding carboxylic acids is 1. The molecule has 0 aliphatic carbocycles. The Kier molecular flexibility index (Phi) is 4.30. The Morgan fingerprint density at radius 1 is 1.62 bits per heavy atom. The molecule has 0 radical (unpaired) electrons. The number of aromatic nitrogens is 1. The zero-order valence-electron chi connectivity index (χ0n) is 9.24. The summed E-state index contributed by atoms with van der Waals surface area (Å²) in [7, 11) is 0. The number of amides is 1. The monoisotopic (exact) mass is 239 g/mol. The van der Waals surface area contributed by atoms with E-state index in [9.17, 15) is 4.79 Å². The van der Waals surface area contributed by atoms with Gasteiger partial charge in [0.25, 0.3) is 0 Å². The molecule has 1 aromatic rings. The van der Waals surface area contributed by atoms with Crippen molar-refractivity contribution in [3.63, 3.8) is 0 Å². The smallest absolute Gasteiger partial charge is 0.221 e. The molecule has 1 unspecified atom stereocenters. The topological polar surface area (TPSA) is 54.0 Å². The van der Waals surface area contributed by atoms with E-state index in [1.165, 1.54) is 0 Å². The standard InChI is InChI=1S/C11H17N3OS/c15-11-6-9(2-1-4-13-11)12-5-3-10-7-16-8-14-10/h7-9,12H,1-6H2,(H,13,15). The minimum absolute atomic E-state index is 0.170. The number of hydrogen-bond acceptors (Lipinski definition) is 4. The van der Waals surface area contributed by atoms with Gasteiger partial charge in [0.2, 0.25) is 5.91 Å². The summed E-state index contributed by atoms with van der Waals surface area (Å²) in [4.78, 5) is 15.6. The quantitative estimate of drug-likeness (QED) is 0.822. The van der Waals surface area contributed by atoms with Gasteiger partial charge in [-0.1, -0.05) is 0 Å². The highest BCUT2D eigenvalue weighted by Crippen LogP contribution is 2.06. The number of nitrogens with zero attached hydrogens (tertiary/aromatic N) is 1. The van der Waals surface area contributed by atoms with Gasteiger partial charge in [-0.3, -0.25) is 4.79 Å². The summed E-state index contributed by atoms with van der Waals surface area (Å²) in [6.07, 6.45) is 3.70. The lowest BCUT2D eigenvalue weighted by Crippen LogP contribution is -2.33. The summed E-state index contributed by atoms with van der Waals surface area (Å²) < 4.78 is 0. The summed E-state index contributed by atoms with van der Waals surface area (Å²) in [5.41, 5.74) is 2.99. The molecule has 1 amide bonds. The Morgan fingerprint density at radius 2 is 2.56 bits per heavy atom. The van der Waals surface area contributed by atoms with Crippen molar-refractivity contribution in [3.05, 3.63) is 16.6 Å². The van der Waals surface area contributed by atoms with E-state index >= 15 is 0 Å². The van der Waals surface area contributed by atoms with Crippen LogP contribution in [-0.2, 0) is 11.2 Å². The first-order valence-corrected chi connectivity index (χ1v) is 6.66. The van der Waals surface area contributed by atoms with Crippen LogP contribution in [0.5, 0.6) is 0 Å². The third-order valence-electron chi connectivity index (χ3n) is 2.78. The van der Waals surface area contributed by atoms with Gasteiger partial charge in [-0.2, -0.15) is 0 Å². The van der Waals surface area contributed by atoms with Gasteiger partial charge in [-0.15, -0.1) is 11.3 Å². The summed E-state index contributed by atoms with van der Waals surface area (Å²) in [5, 5.41) is 8.39. The fourth-order valence-electron chi connectivity index (χ4n) is 1.91. The van der Waals surface area contributed by atoms with E-state index < -0.39 is 0 Å². The zero-order chi connectivity index (χ0) is 11.2. The fraction of sp³-hybridized carbons (Fsp3) is 0.636. The molecule has 16 heavy (non-hydrogen) atoms. The Bertz CT molecular complexity index is 326. The Labute approximate surface area is 99.5 Å². The van der Waals surface area contributed by atoms with Crippen molar-refractivity contribution < 1.29 is 4.79 Å². The Morgan fingerprint density at radius 3 is 3.38 bits per heavy atom. The predicted octanol–water partition coefficient (Wildman–Crippen LogP) is 0.944. The molecule has 2 heterocycles. The third-order valence-corrected chi connectivity index (χ3v) is 3.42. The van der Waals surface area contributed by atoms with Crippen LogP contribution in [0.2, 0.25) is 0 Å². The van der Waals surface area contributed by atoms with Crippen LogP contribution in [0, 0.1) is 0 Å². The minimum Gasteiger partial charge on any atom is -0.356 e. The van der Waals surface area contributed by atoms with Crippen molar-refractivity contribution in [2.24, 2.45) is 0 Å². The molecular formula is C11H17N3OS. The molecule has 2 rings (SSSR count). The van der Waals surface area contributed by atoms with Crippen molar-refractivity contribution >= 4 is 17.2 Å². The Hall–Kier alpha value is -0.940. The average Bonchev–Trinajstić information content (AvgIpc) is 2.69. The lowest BCUT2D eigenvalue weighted by Gasteiger charge is -2.14. The molecule has 0 saturated carbocycles. The van der Waals surface area contributed by atoms with Gasteiger partial charge in [-0.05, 0) is 12.8 Å². The molecule has 1 aliphatic rings. The van der Waals surface area contributed by atoms with Gasteiger partial charge in [-0.25, -0.2) is 4.98 Å². The second kappa shape index (κ2) is 5.96. The largest absolute Gasteiger partial charge is 0.356 e. The minimum atomic E-state index is 0.170. The molecular weight excluding hydrogens is 222 g/mol. The van der Waals surface area contributed by atoms with Gasteiger partial charge < -0.3 is 10.6 Å². The van der Waals surface area contributed by atoms with Crippen LogP contribution in [0.15, 0.2) is 10.9 Å². The summed E-state index contributed by atoms with van der Waals surface area (Å²) in [5.74, 6) is 0.170. The van der Waals surface area contributed by atoms with Crippen LogP contribution < -0.4 is 10.6 Å². The molecule has 1 fully saturated rings. The van der Waals surface area contributed by atoms with E-state index in [0.29, 0.717) is 12.5 Å². The van der Waals surface area contributed by atoms with Crippen molar-refractivity contribution in [1.29, 1.82) is 0 Å². The maximum Gasteiger partial charge on any atom is 0.221 e. The van der Waals surface area contributed by atoms with Crippen LogP contribution in [0.1, 0.15) is 25.0 Å². The maximum atomic E-state index is 11.3. The summed E-state index contributed by atoms with van der Waals surface area (Å²) in [6, 6.07) is 0.334. The molecule has 1 saturated heterocycles. The van der Waals surface area contributed by atoms with Gasteiger partial charge >= 0.3 is 0 Å². The molecule has 2 N–H and O–H groups in total. The highest BCUT2D eigenvalue weighted by atomic mass is 32.1. The number of hydrogen-bond donors (Lipinski definition) is 2. The van der Waals surface area contributed by atoms with E-state index in [4.69, 9.17) is 0 Å². The van der Waals surface area contributed by atoms with Crippen LogP contribution >= 0.6 is 11.3 Å². The first-order chi connectivity index (χ1) is 7.84. The molecule has 5 heteroatoms. The molecule has 1 aromatic heterocycles. The molecule has 0 spiro atoms. The lowest BCUT2D eigenvalue weighted by molar-refractivity contribution is -0.121. The molecule has 1 aliphatic heterocycles. The highest BCUT2D eigenvalue weighted by Gasteiger charge is 2.16. The van der Waals surface area contributed by atoms with Gasteiger partial charge in [0.1, 0.15) is 0 Å². The molecule has 88 valence electrons. The van der Waals surface area contributed by atoms with Crippen molar-refractivity contribution in [2.75, 3.05) is 13.1 Å². The first kappa shape index (κ1) is 11.5. The average molecular weight is 239 g/mol. The second-order valence-corrected chi connectivity index (χ2v) is 4.80. The van der Waals surface area contributed by atoms with Crippen LogP contribution in [0.3, 0.4) is 0 Å². The van der Waals surface area contributed by atoms with E-state index in [0.717, 1.165) is 38.0 Å². The van der Waals surface area contributed by atoms with E-state index in [2.05, 4.69) is 21.0 Å². The molecule has 0 aromatic carbocycles. The summed E-state index contributed by atoms with van der Waals surface area (Å²) in [6.45, 7) is 1.73. The van der Waals surface area contributed by atoms with Crippen molar-refractivity contribution in [2.45, 2.75) is 31.7 Å². The number of nitrogens with one attached hydrogen (secondary N) is 2. The van der Waals surface area contributed by atoms with Gasteiger partial charge in [0.05, 0.1) is 11.2 Å². The SMILES string of the molecule is O=C1CC(NCCc2cscn2)CCCN1. The molecule has 1 atom stereocenters. The fourth-order valence-corrected chi connectivity index (χ4v) is 2.51. The van der Waals surface area contributed by atoms with Crippen LogP contribution in [0.4, 0.5) is 0 Å². The van der Waals surface area contributed by atoms with Gasteiger partial charge in [0.15, 0.2) is 0 Å². The lowest BCUT2D eigenvalue weighted by atomic mass is 10.1. The maximum absolute atomic E-state index is 11.3. The van der Waals surface area contributed by atoms with E-state index in [-0.39, 0.29) is 5.91 Å². The van der Waals surface area contributed by atoms with E-state index in [1.54, 1.807) is 11.3 Å². The Balaban J connectivity index is 1.70. The highest BCUT2D eigenvalue weighted by molar-refractivity contribution is 7.07.